The third-order valence-corrected chi connectivity index (χ3v) is 6.47. The fraction of sp³-hybridized carbons (Fsp3) is 0.367. The van der Waals surface area contributed by atoms with E-state index in [9.17, 15) is 9.59 Å². The van der Waals surface area contributed by atoms with Crippen molar-refractivity contribution in [1.29, 1.82) is 0 Å². The van der Waals surface area contributed by atoms with Gasteiger partial charge in [0.25, 0.3) is 5.91 Å². The van der Waals surface area contributed by atoms with Gasteiger partial charge in [-0.2, -0.15) is 0 Å². The molecule has 39 heavy (non-hydrogen) atoms. The second kappa shape index (κ2) is 13.3. The van der Waals surface area contributed by atoms with Gasteiger partial charge in [0.15, 0.2) is 16.6 Å². The number of anilines is 1. The van der Waals surface area contributed by atoms with Crippen LogP contribution in [0.15, 0.2) is 59.3 Å². The molecule has 0 aliphatic carbocycles. The molecule has 0 radical (unpaired) electrons. The van der Waals surface area contributed by atoms with E-state index in [-0.39, 0.29) is 17.6 Å². The maximum atomic E-state index is 14.0. The van der Waals surface area contributed by atoms with Crippen LogP contribution >= 0.6 is 12.2 Å². The molecular formula is C30H37N3O5S. The Labute approximate surface area is 236 Å². The molecule has 208 valence electrons. The van der Waals surface area contributed by atoms with Gasteiger partial charge in [0.1, 0.15) is 0 Å². The van der Waals surface area contributed by atoms with Gasteiger partial charge in [-0.05, 0) is 88.3 Å². The molecule has 0 fully saturated rings. The number of allylic oxidation sites excluding steroid dienone is 1. The molecule has 0 saturated carbocycles. The molecule has 3 rings (SSSR count). The van der Waals surface area contributed by atoms with E-state index in [2.05, 4.69) is 5.32 Å². The van der Waals surface area contributed by atoms with Crippen molar-refractivity contribution in [3.8, 4) is 11.5 Å². The Morgan fingerprint density at radius 1 is 1.00 bits per heavy atom. The molecule has 0 saturated heterocycles. The van der Waals surface area contributed by atoms with Crippen molar-refractivity contribution in [3.63, 3.8) is 0 Å². The topological polar surface area (TPSA) is 80.3 Å². The highest BCUT2D eigenvalue weighted by Crippen LogP contribution is 2.39. The van der Waals surface area contributed by atoms with Gasteiger partial charge in [0.2, 0.25) is 0 Å². The number of nitrogens with one attached hydrogen (secondary N) is 1. The van der Waals surface area contributed by atoms with Gasteiger partial charge in [0.05, 0.1) is 31.4 Å². The summed E-state index contributed by atoms with van der Waals surface area (Å²) in [5.41, 5.74) is 3.85. The summed E-state index contributed by atoms with van der Waals surface area (Å²) in [6, 6.07) is 12.4. The molecule has 9 heteroatoms. The Kier molecular flexibility index (Phi) is 10.1. The second-order valence-corrected chi connectivity index (χ2v) is 9.54. The smallest absolute Gasteiger partial charge is 0.338 e. The number of benzene rings is 2. The molecule has 2 aromatic rings. The van der Waals surface area contributed by atoms with Crippen molar-refractivity contribution in [2.75, 3.05) is 38.8 Å². The minimum Gasteiger partial charge on any atom is -0.490 e. The van der Waals surface area contributed by atoms with E-state index in [4.69, 9.17) is 26.4 Å². The number of thiocarbonyl (C=S) groups is 1. The minimum atomic E-state index is -0.834. The second-order valence-electron chi connectivity index (χ2n) is 9.15. The lowest BCUT2D eigenvalue weighted by Crippen LogP contribution is -2.51. The van der Waals surface area contributed by atoms with Crippen LogP contribution in [0.5, 0.6) is 11.5 Å². The van der Waals surface area contributed by atoms with Crippen LogP contribution in [0.4, 0.5) is 5.69 Å². The Morgan fingerprint density at radius 2 is 1.64 bits per heavy atom. The number of nitrogens with zero attached hydrogens (tertiary/aromatic N) is 2. The highest BCUT2D eigenvalue weighted by molar-refractivity contribution is 7.80. The SMILES string of the molecule is CCOC(=O)C1=C(C)NC(=S)N(C(=O)/C(C)=C/c2ccc(N(C)C)cc2)C1c1ccc(OCC)c(OCC)c1. The predicted octanol–water partition coefficient (Wildman–Crippen LogP) is 5.25. The first kappa shape index (κ1) is 29.7. The summed E-state index contributed by atoms with van der Waals surface area (Å²) in [4.78, 5) is 30.6. The zero-order chi connectivity index (χ0) is 28.7. The monoisotopic (exact) mass is 551 g/mol. The lowest BCUT2D eigenvalue weighted by molar-refractivity contribution is -0.139. The van der Waals surface area contributed by atoms with Gasteiger partial charge in [-0.15, -0.1) is 0 Å². The molecule has 1 aliphatic heterocycles. The van der Waals surface area contributed by atoms with E-state index in [0.29, 0.717) is 47.1 Å². The fourth-order valence-electron chi connectivity index (χ4n) is 4.35. The number of ether oxygens (including phenoxy) is 3. The van der Waals surface area contributed by atoms with Gasteiger partial charge in [-0.1, -0.05) is 18.2 Å². The van der Waals surface area contributed by atoms with Crippen LogP contribution in [0.3, 0.4) is 0 Å². The molecule has 0 aromatic heterocycles. The summed E-state index contributed by atoms with van der Waals surface area (Å²) in [5.74, 6) is 0.229. The van der Waals surface area contributed by atoms with Crippen LogP contribution < -0.4 is 19.7 Å². The first-order chi connectivity index (χ1) is 18.6. The van der Waals surface area contributed by atoms with Crippen LogP contribution in [-0.2, 0) is 14.3 Å². The highest BCUT2D eigenvalue weighted by atomic mass is 32.1. The van der Waals surface area contributed by atoms with Crippen LogP contribution in [0.2, 0.25) is 0 Å². The van der Waals surface area contributed by atoms with E-state index in [1.54, 1.807) is 39.0 Å². The van der Waals surface area contributed by atoms with E-state index < -0.39 is 12.0 Å². The number of amides is 1. The number of carbonyl (C=O) groups excluding carboxylic acids is 2. The Balaban J connectivity index is 2.13. The van der Waals surface area contributed by atoms with Crippen LogP contribution in [-0.4, -0.2) is 55.8 Å². The highest BCUT2D eigenvalue weighted by Gasteiger charge is 2.40. The zero-order valence-electron chi connectivity index (χ0n) is 23.7. The third-order valence-electron chi connectivity index (χ3n) is 6.18. The first-order valence-electron chi connectivity index (χ1n) is 13.0. The van der Waals surface area contributed by atoms with E-state index in [0.717, 1.165) is 11.3 Å². The van der Waals surface area contributed by atoms with Crippen molar-refractivity contribution in [2.45, 2.75) is 40.7 Å². The average molecular weight is 552 g/mol. The number of esters is 1. The molecule has 1 atom stereocenters. The summed E-state index contributed by atoms with van der Waals surface area (Å²) in [7, 11) is 3.94. The minimum absolute atomic E-state index is 0.191. The maximum Gasteiger partial charge on any atom is 0.338 e. The summed E-state index contributed by atoms with van der Waals surface area (Å²) in [6.07, 6.45) is 1.81. The molecule has 1 heterocycles. The summed E-state index contributed by atoms with van der Waals surface area (Å²) >= 11 is 5.66. The number of hydrogen-bond donors (Lipinski definition) is 1. The maximum absolute atomic E-state index is 14.0. The third kappa shape index (κ3) is 6.78. The molecule has 0 spiro atoms. The van der Waals surface area contributed by atoms with E-state index in [1.165, 1.54) is 4.90 Å². The Morgan fingerprint density at radius 3 is 2.23 bits per heavy atom. The number of hydrogen-bond acceptors (Lipinski definition) is 7. The van der Waals surface area contributed by atoms with Crippen LogP contribution in [0, 0.1) is 0 Å². The van der Waals surface area contributed by atoms with Gasteiger partial charge in [-0.25, -0.2) is 4.79 Å². The quantitative estimate of drug-likeness (QED) is 0.244. The normalized spacial score (nSPS) is 15.6. The van der Waals surface area contributed by atoms with Crippen LogP contribution in [0.25, 0.3) is 6.08 Å². The molecule has 0 bridgehead atoms. The van der Waals surface area contributed by atoms with Gasteiger partial charge in [0, 0.05) is 31.1 Å². The fourth-order valence-corrected chi connectivity index (χ4v) is 4.69. The lowest BCUT2D eigenvalue weighted by atomic mass is 9.92. The van der Waals surface area contributed by atoms with E-state index >= 15 is 0 Å². The van der Waals surface area contributed by atoms with Crippen molar-refractivity contribution in [2.24, 2.45) is 0 Å². The van der Waals surface area contributed by atoms with Gasteiger partial charge >= 0.3 is 5.97 Å². The Bertz CT molecular complexity index is 1280. The van der Waals surface area contributed by atoms with Crippen molar-refractivity contribution in [1.82, 2.24) is 10.2 Å². The zero-order valence-corrected chi connectivity index (χ0v) is 24.5. The lowest BCUT2D eigenvalue weighted by Gasteiger charge is -2.38. The average Bonchev–Trinajstić information content (AvgIpc) is 2.89. The number of carbonyl (C=O) groups is 2. The summed E-state index contributed by atoms with van der Waals surface area (Å²) < 4.78 is 17.0. The largest absolute Gasteiger partial charge is 0.490 e. The van der Waals surface area contributed by atoms with Crippen LogP contribution in [0.1, 0.15) is 51.8 Å². The first-order valence-corrected chi connectivity index (χ1v) is 13.4. The Hall–Kier alpha value is -3.85. The van der Waals surface area contributed by atoms with E-state index in [1.807, 2.05) is 63.2 Å². The molecule has 1 aliphatic rings. The summed E-state index contributed by atoms with van der Waals surface area (Å²) in [6.45, 7) is 10.1. The molecule has 1 N–H and O–H groups in total. The van der Waals surface area contributed by atoms with Crippen molar-refractivity contribution < 1.29 is 23.8 Å². The van der Waals surface area contributed by atoms with Crippen molar-refractivity contribution >= 4 is 41.0 Å². The number of rotatable bonds is 10. The van der Waals surface area contributed by atoms with Gasteiger partial charge in [-0.3, -0.25) is 9.69 Å². The molecule has 8 nitrogen and oxygen atoms in total. The molecule has 2 aromatic carbocycles. The standard InChI is InChI=1S/C30H37N3O5S/c1-8-36-24-16-13-22(18-25(24)37-9-2)27-26(29(35)38-10-3)20(5)31-30(39)33(27)28(34)19(4)17-21-11-14-23(15-12-21)32(6)7/h11-18,27H,8-10H2,1-7H3,(H,31,39)/b19-17+. The van der Waals surface area contributed by atoms with Gasteiger partial charge < -0.3 is 24.4 Å². The molecular weight excluding hydrogens is 514 g/mol. The predicted molar refractivity (Wildman–Crippen MR) is 158 cm³/mol. The van der Waals surface area contributed by atoms with Crippen molar-refractivity contribution in [3.05, 3.63) is 70.4 Å². The molecule has 1 unspecified atom stereocenters. The summed E-state index contributed by atoms with van der Waals surface area (Å²) in [5, 5.41) is 3.23. The molecule has 1 amide bonds.